The number of ether oxygens (including phenoxy) is 1. The van der Waals surface area contributed by atoms with Gasteiger partial charge in [-0.3, -0.25) is 9.78 Å². The largest absolute Gasteiger partial charge is 0.497 e. The number of pyridine rings is 1. The summed E-state index contributed by atoms with van der Waals surface area (Å²) in [6.45, 7) is 3.86. The fraction of sp³-hybridized carbons (Fsp3) is 0.294. The lowest BCUT2D eigenvalue weighted by atomic mass is 9.95. The maximum Gasteiger partial charge on any atom is 0.166 e. The van der Waals surface area contributed by atoms with Crippen LogP contribution in [0, 0.1) is 12.8 Å². The normalized spacial score (nSPS) is 11.9. The van der Waals surface area contributed by atoms with Crippen LogP contribution in [0.15, 0.2) is 42.5 Å². The quantitative estimate of drug-likeness (QED) is 0.780. The first kappa shape index (κ1) is 14.3. The molecule has 104 valence electrons. The van der Waals surface area contributed by atoms with E-state index in [0.717, 1.165) is 22.7 Å². The van der Waals surface area contributed by atoms with Gasteiger partial charge in [0.1, 0.15) is 5.75 Å². The van der Waals surface area contributed by atoms with Crippen LogP contribution in [-0.4, -0.2) is 17.9 Å². The van der Waals surface area contributed by atoms with E-state index in [4.69, 9.17) is 4.74 Å². The molecule has 0 aliphatic rings. The van der Waals surface area contributed by atoms with E-state index in [9.17, 15) is 4.79 Å². The van der Waals surface area contributed by atoms with Crippen molar-refractivity contribution in [1.82, 2.24) is 4.98 Å². The third kappa shape index (κ3) is 3.44. The number of benzene rings is 1. The van der Waals surface area contributed by atoms with Crippen molar-refractivity contribution >= 4 is 5.78 Å². The van der Waals surface area contributed by atoms with E-state index in [-0.39, 0.29) is 11.7 Å². The molecule has 0 saturated carbocycles. The number of hydrogen-bond acceptors (Lipinski definition) is 3. The Morgan fingerprint density at radius 1 is 1.25 bits per heavy atom. The number of ketones is 1. The smallest absolute Gasteiger partial charge is 0.166 e. The Kier molecular flexibility index (Phi) is 4.51. The molecule has 1 aromatic heterocycles. The minimum Gasteiger partial charge on any atom is -0.497 e. The number of nitrogens with zero attached hydrogens (tertiary/aromatic N) is 1. The molecule has 1 heterocycles. The molecule has 0 fully saturated rings. The third-order valence-electron chi connectivity index (χ3n) is 3.24. The fourth-order valence-corrected chi connectivity index (χ4v) is 2.22. The highest BCUT2D eigenvalue weighted by Crippen LogP contribution is 2.18. The lowest BCUT2D eigenvalue weighted by molar-refractivity contribution is 0.0928. The highest BCUT2D eigenvalue weighted by molar-refractivity contribution is 5.97. The van der Waals surface area contributed by atoms with Gasteiger partial charge in [0.25, 0.3) is 0 Å². The number of aryl methyl sites for hydroxylation is 1. The maximum absolute atomic E-state index is 12.3. The lowest BCUT2D eigenvalue weighted by Crippen LogP contribution is -2.14. The fourth-order valence-electron chi connectivity index (χ4n) is 2.22. The van der Waals surface area contributed by atoms with E-state index in [1.165, 1.54) is 0 Å². The van der Waals surface area contributed by atoms with Gasteiger partial charge in [0.2, 0.25) is 0 Å². The number of carbonyl (C=O) groups is 1. The summed E-state index contributed by atoms with van der Waals surface area (Å²) in [6.07, 6.45) is 0.617. The van der Waals surface area contributed by atoms with Gasteiger partial charge < -0.3 is 4.74 Å². The zero-order valence-corrected chi connectivity index (χ0v) is 12.1. The first-order valence-corrected chi connectivity index (χ1v) is 6.71. The summed E-state index contributed by atoms with van der Waals surface area (Å²) in [5.74, 6) is 0.830. The van der Waals surface area contributed by atoms with Gasteiger partial charge in [-0.1, -0.05) is 37.3 Å². The van der Waals surface area contributed by atoms with E-state index < -0.39 is 0 Å². The molecule has 0 bridgehead atoms. The Morgan fingerprint density at radius 2 is 1.95 bits per heavy atom. The van der Waals surface area contributed by atoms with E-state index in [0.29, 0.717) is 6.42 Å². The predicted molar refractivity (Wildman–Crippen MR) is 79.2 cm³/mol. The zero-order chi connectivity index (χ0) is 14.5. The SMILES string of the molecule is COc1cc(C)nc(CC(C)C(=O)c2ccccc2)c1. The highest BCUT2D eigenvalue weighted by atomic mass is 16.5. The number of methoxy groups -OCH3 is 1. The lowest BCUT2D eigenvalue weighted by Gasteiger charge is -2.11. The molecule has 2 rings (SSSR count). The Hall–Kier alpha value is -2.16. The van der Waals surface area contributed by atoms with Gasteiger partial charge in [0.15, 0.2) is 5.78 Å². The Labute approximate surface area is 119 Å². The van der Waals surface area contributed by atoms with Crippen LogP contribution in [0.3, 0.4) is 0 Å². The molecule has 20 heavy (non-hydrogen) atoms. The average Bonchev–Trinajstić information content (AvgIpc) is 2.46. The van der Waals surface area contributed by atoms with Crippen molar-refractivity contribution in [2.75, 3.05) is 7.11 Å². The molecule has 0 aliphatic carbocycles. The second-order valence-electron chi connectivity index (χ2n) is 4.98. The van der Waals surface area contributed by atoms with Gasteiger partial charge in [-0.05, 0) is 13.3 Å². The number of hydrogen-bond donors (Lipinski definition) is 0. The van der Waals surface area contributed by atoms with Crippen LogP contribution in [0.1, 0.15) is 28.7 Å². The van der Waals surface area contributed by atoms with E-state index in [1.807, 2.05) is 56.3 Å². The molecular weight excluding hydrogens is 250 g/mol. The molecule has 1 atom stereocenters. The molecule has 0 spiro atoms. The van der Waals surface area contributed by atoms with E-state index >= 15 is 0 Å². The molecule has 1 unspecified atom stereocenters. The van der Waals surface area contributed by atoms with E-state index in [1.54, 1.807) is 7.11 Å². The second-order valence-corrected chi connectivity index (χ2v) is 4.98. The van der Waals surface area contributed by atoms with Crippen LogP contribution in [0.25, 0.3) is 0 Å². The van der Waals surface area contributed by atoms with Crippen molar-refractivity contribution in [3.05, 3.63) is 59.4 Å². The summed E-state index contributed by atoms with van der Waals surface area (Å²) in [6, 6.07) is 13.2. The van der Waals surface area contributed by atoms with Crippen LogP contribution >= 0.6 is 0 Å². The van der Waals surface area contributed by atoms with Crippen LogP contribution in [-0.2, 0) is 6.42 Å². The molecule has 1 aromatic carbocycles. The van der Waals surface area contributed by atoms with Crippen molar-refractivity contribution in [3.8, 4) is 5.75 Å². The van der Waals surface area contributed by atoms with Gasteiger partial charge in [0, 0.05) is 35.0 Å². The molecule has 0 aliphatic heterocycles. The van der Waals surface area contributed by atoms with Crippen LogP contribution in [0.5, 0.6) is 5.75 Å². The molecular formula is C17H19NO2. The second kappa shape index (κ2) is 6.33. The van der Waals surface area contributed by atoms with Crippen molar-refractivity contribution in [2.24, 2.45) is 5.92 Å². The standard InChI is InChI=1S/C17H19NO2/c1-12(17(19)14-7-5-4-6-8-14)9-15-11-16(20-3)10-13(2)18-15/h4-8,10-12H,9H2,1-3H3. The Morgan fingerprint density at radius 3 is 2.60 bits per heavy atom. The zero-order valence-electron chi connectivity index (χ0n) is 12.1. The average molecular weight is 269 g/mol. The van der Waals surface area contributed by atoms with Gasteiger partial charge in [-0.2, -0.15) is 0 Å². The summed E-state index contributed by atoms with van der Waals surface area (Å²) in [7, 11) is 1.64. The van der Waals surface area contributed by atoms with Crippen LogP contribution in [0.4, 0.5) is 0 Å². The summed E-state index contributed by atoms with van der Waals surface area (Å²) >= 11 is 0. The number of Topliss-reactive ketones (excluding diaryl/α,β-unsaturated/α-hetero) is 1. The number of aromatic nitrogens is 1. The van der Waals surface area contributed by atoms with Gasteiger partial charge in [-0.25, -0.2) is 0 Å². The first-order chi connectivity index (χ1) is 9.60. The third-order valence-corrected chi connectivity index (χ3v) is 3.24. The monoisotopic (exact) mass is 269 g/mol. The summed E-state index contributed by atoms with van der Waals surface area (Å²) in [5.41, 5.74) is 2.54. The topological polar surface area (TPSA) is 39.2 Å². The Balaban J connectivity index is 2.13. The molecule has 0 N–H and O–H groups in total. The summed E-state index contributed by atoms with van der Waals surface area (Å²) in [4.78, 5) is 16.8. The first-order valence-electron chi connectivity index (χ1n) is 6.71. The molecule has 0 saturated heterocycles. The maximum atomic E-state index is 12.3. The van der Waals surface area contributed by atoms with Gasteiger partial charge in [-0.15, -0.1) is 0 Å². The summed E-state index contributed by atoms with van der Waals surface area (Å²) < 4.78 is 5.24. The van der Waals surface area contributed by atoms with Crippen molar-refractivity contribution in [1.29, 1.82) is 0 Å². The summed E-state index contributed by atoms with van der Waals surface area (Å²) in [5, 5.41) is 0. The van der Waals surface area contributed by atoms with Crippen molar-refractivity contribution in [3.63, 3.8) is 0 Å². The van der Waals surface area contributed by atoms with Gasteiger partial charge in [0.05, 0.1) is 7.11 Å². The minimum atomic E-state index is -0.101. The van der Waals surface area contributed by atoms with Crippen LogP contribution < -0.4 is 4.74 Å². The molecule has 2 aromatic rings. The van der Waals surface area contributed by atoms with Crippen molar-refractivity contribution < 1.29 is 9.53 Å². The van der Waals surface area contributed by atoms with Crippen molar-refractivity contribution in [2.45, 2.75) is 20.3 Å². The molecule has 0 amide bonds. The predicted octanol–water partition coefficient (Wildman–Crippen LogP) is 3.46. The number of carbonyl (C=O) groups excluding carboxylic acids is 1. The van der Waals surface area contributed by atoms with Crippen LogP contribution in [0.2, 0.25) is 0 Å². The van der Waals surface area contributed by atoms with Gasteiger partial charge >= 0.3 is 0 Å². The molecule has 3 heteroatoms. The molecule has 0 radical (unpaired) electrons. The molecule has 3 nitrogen and oxygen atoms in total. The highest BCUT2D eigenvalue weighted by Gasteiger charge is 2.16. The number of rotatable bonds is 5. The Bertz CT molecular complexity index is 593. The van der Waals surface area contributed by atoms with E-state index in [2.05, 4.69) is 4.98 Å². The minimum absolute atomic E-state index is 0.101.